The lowest BCUT2D eigenvalue weighted by Crippen LogP contribution is -2.46. The van der Waals surface area contributed by atoms with Gasteiger partial charge in [-0.05, 0) is 31.5 Å². The zero-order valence-corrected chi connectivity index (χ0v) is 20.3. The summed E-state index contributed by atoms with van der Waals surface area (Å²) in [6, 6.07) is 12.9. The number of fused-ring (bicyclic) bond motifs is 1. The van der Waals surface area contributed by atoms with Crippen molar-refractivity contribution in [1.82, 2.24) is 4.90 Å². The second kappa shape index (κ2) is 8.92. The second-order valence-electron chi connectivity index (χ2n) is 9.76. The molecule has 1 atom stereocenters. The normalized spacial score (nSPS) is 18.2. The van der Waals surface area contributed by atoms with E-state index in [0.717, 1.165) is 22.4 Å². The zero-order valence-electron chi connectivity index (χ0n) is 20.3. The summed E-state index contributed by atoms with van der Waals surface area (Å²) in [6.07, 6.45) is 1.09. The molecule has 8 nitrogen and oxygen atoms in total. The van der Waals surface area contributed by atoms with Crippen LogP contribution < -0.4 is 15.6 Å². The molecule has 0 bridgehead atoms. The Morgan fingerprint density at radius 1 is 1.14 bits per heavy atom. The number of para-hydroxylation sites is 1. The van der Waals surface area contributed by atoms with Gasteiger partial charge >= 0.3 is 6.09 Å². The van der Waals surface area contributed by atoms with Gasteiger partial charge in [0.1, 0.15) is 11.2 Å². The third kappa shape index (κ3) is 4.34. The molecule has 3 heterocycles. The molecule has 2 aliphatic rings. The molecular formula is C27H31N3O5. The highest BCUT2D eigenvalue weighted by molar-refractivity contribution is 5.82. The molecule has 2 saturated heterocycles. The number of aliphatic hydroxyl groups is 1. The van der Waals surface area contributed by atoms with Crippen LogP contribution in [0.1, 0.15) is 42.5 Å². The minimum absolute atomic E-state index is 0.0642. The van der Waals surface area contributed by atoms with Crippen molar-refractivity contribution in [3.63, 3.8) is 0 Å². The number of carbonyl (C=O) groups excluding carboxylic acids is 1. The van der Waals surface area contributed by atoms with Gasteiger partial charge in [0.05, 0.1) is 24.6 Å². The van der Waals surface area contributed by atoms with E-state index >= 15 is 0 Å². The van der Waals surface area contributed by atoms with Crippen LogP contribution in [0.4, 0.5) is 16.4 Å². The minimum Gasteiger partial charge on any atom is -0.441 e. The van der Waals surface area contributed by atoms with E-state index in [2.05, 4.69) is 10.2 Å². The number of ether oxygens (including phenoxy) is 1. The number of aryl methyl sites for hydroxylation is 1. The molecule has 5 rings (SSSR count). The minimum atomic E-state index is -0.458. The molecule has 1 aromatic heterocycles. The monoisotopic (exact) mass is 477 g/mol. The maximum absolute atomic E-state index is 13.1. The van der Waals surface area contributed by atoms with Gasteiger partial charge in [-0.15, -0.1) is 0 Å². The van der Waals surface area contributed by atoms with Crippen molar-refractivity contribution >= 4 is 28.6 Å². The van der Waals surface area contributed by atoms with Crippen LogP contribution in [-0.2, 0) is 11.3 Å². The average Bonchev–Trinajstić information content (AvgIpc) is 3.12. The number of rotatable bonds is 5. The molecular weight excluding hydrogens is 446 g/mol. The molecule has 2 N–H and O–H groups in total. The Labute approximate surface area is 204 Å². The Balaban J connectivity index is 1.46. The summed E-state index contributed by atoms with van der Waals surface area (Å²) in [7, 11) is 1.75. The van der Waals surface area contributed by atoms with E-state index in [-0.39, 0.29) is 24.2 Å². The summed E-state index contributed by atoms with van der Waals surface area (Å²) in [5.41, 5.74) is 3.52. The number of piperidine rings is 1. The van der Waals surface area contributed by atoms with E-state index in [1.54, 1.807) is 18.0 Å². The van der Waals surface area contributed by atoms with E-state index < -0.39 is 5.60 Å². The lowest BCUT2D eigenvalue weighted by atomic mass is 9.91. The number of amides is 1. The van der Waals surface area contributed by atoms with Crippen molar-refractivity contribution in [1.29, 1.82) is 0 Å². The fourth-order valence-electron chi connectivity index (χ4n) is 5.20. The van der Waals surface area contributed by atoms with E-state index in [1.807, 2.05) is 50.2 Å². The molecule has 2 aromatic carbocycles. The van der Waals surface area contributed by atoms with Crippen LogP contribution in [0.25, 0.3) is 11.0 Å². The van der Waals surface area contributed by atoms with Crippen molar-refractivity contribution in [2.24, 2.45) is 0 Å². The Kier molecular flexibility index (Phi) is 5.92. The van der Waals surface area contributed by atoms with Gasteiger partial charge in [0.2, 0.25) is 0 Å². The van der Waals surface area contributed by atoms with Crippen LogP contribution in [0.3, 0.4) is 0 Å². The smallest absolute Gasteiger partial charge is 0.410 e. The summed E-state index contributed by atoms with van der Waals surface area (Å²) in [5.74, 6) is 0.531. The van der Waals surface area contributed by atoms with Gasteiger partial charge < -0.3 is 29.4 Å². The second-order valence-corrected chi connectivity index (χ2v) is 9.76. The highest BCUT2D eigenvalue weighted by atomic mass is 16.6. The number of nitrogens with zero attached hydrogens (tertiary/aromatic N) is 2. The van der Waals surface area contributed by atoms with E-state index in [4.69, 9.17) is 9.15 Å². The number of hydrogen-bond acceptors (Lipinski definition) is 7. The number of hydrogen-bond donors (Lipinski definition) is 2. The number of nitrogens with one attached hydrogen (secondary N) is 1. The zero-order chi connectivity index (χ0) is 24.7. The number of anilines is 2. The summed E-state index contributed by atoms with van der Waals surface area (Å²) in [6.45, 7) is 5.77. The van der Waals surface area contributed by atoms with Gasteiger partial charge in [-0.25, -0.2) is 4.79 Å². The molecule has 35 heavy (non-hydrogen) atoms. The van der Waals surface area contributed by atoms with Crippen LogP contribution >= 0.6 is 0 Å². The summed E-state index contributed by atoms with van der Waals surface area (Å²) in [4.78, 5) is 28.7. The number of aliphatic hydroxyl groups excluding tert-OH is 1. The Bertz CT molecular complexity index is 1330. The molecule has 1 unspecified atom stereocenters. The average molecular weight is 478 g/mol. The Hall–Kier alpha value is -3.52. The maximum Gasteiger partial charge on any atom is 0.410 e. The summed E-state index contributed by atoms with van der Waals surface area (Å²) >= 11 is 0. The van der Waals surface area contributed by atoms with Crippen molar-refractivity contribution in [2.45, 2.75) is 44.9 Å². The number of benzene rings is 2. The molecule has 3 aromatic rings. The third-order valence-electron chi connectivity index (χ3n) is 7.14. The molecule has 2 aliphatic heterocycles. The molecule has 0 aliphatic carbocycles. The molecule has 184 valence electrons. The molecule has 1 spiro atoms. The molecule has 0 saturated carbocycles. The summed E-state index contributed by atoms with van der Waals surface area (Å²) < 4.78 is 12.1. The quantitative estimate of drug-likeness (QED) is 0.569. The lowest BCUT2D eigenvalue weighted by molar-refractivity contribution is 0.0361. The van der Waals surface area contributed by atoms with Crippen molar-refractivity contribution in [3.8, 4) is 0 Å². The standard InChI is InChI=1S/C27H31N3O5/c1-17-12-20(18(2)28-22-7-5-4-6-19(22)15-31)25-21(13-17)23(32)14-24(34-25)30-10-8-27(9-11-30)16-29(3)26(33)35-27/h4-7,12-14,18,28,31H,8-11,15-16H2,1-3H3. The molecule has 2 fully saturated rings. The molecule has 8 heteroatoms. The fraction of sp³-hybridized carbons (Fsp3) is 0.407. The van der Waals surface area contributed by atoms with Crippen molar-refractivity contribution in [2.75, 3.05) is 36.9 Å². The first-order valence-electron chi connectivity index (χ1n) is 12.0. The highest BCUT2D eigenvalue weighted by Gasteiger charge is 2.46. The lowest BCUT2D eigenvalue weighted by Gasteiger charge is -2.37. The van der Waals surface area contributed by atoms with Crippen LogP contribution in [0.15, 0.2) is 51.7 Å². The third-order valence-corrected chi connectivity index (χ3v) is 7.14. The fourth-order valence-corrected chi connectivity index (χ4v) is 5.20. The molecule has 0 radical (unpaired) electrons. The van der Waals surface area contributed by atoms with Crippen LogP contribution in [0.2, 0.25) is 0 Å². The maximum atomic E-state index is 13.1. The topological polar surface area (TPSA) is 95.2 Å². The van der Waals surface area contributed by atoms with E-state index in [9.17, 15) is 14.7 Å². The van der Waals surface area contributed by atoms with Crippen LogP contribution in [0, 0.1) is 6.92 Å². The van der Waals surface area contributed by atoms with Gasteiger partial charge in [-0.3, -0.25) is 4.79 Å². The van der Waals surface area contributed by atoms with Crippen molar-refractivity contribution in [3.05, 3.63) is 69.4 Å². The molecule has 1 amide bonds. The Morgan fingerprint density at radius 2 is 1.89 bits per heavy atom. The van der Waals surface area contributed by atoms with Gasteiger partial charge in [0, 0.05) is 55.9 Å². The van der Waals surface area contributed by atoms with Gasteiger partial charge in [0.15, 0.2) is 11.3 Å². The number of likely N-dealkylation sites (N-methyl/N-ethyl adjacent to an activating group) is 1. The van der Waals surface area contributed by atoms with Crippen LogP contribution in [-0.4, -0.2) is 48.4 Å². The Morgan fingerprint density at radius 3 is 2.57 bits per heavy atom. The predicted octanol–water partition coefficient (Wildman–Crippen LogP) is 4.19. The SMILES string of the molecule is Cc1cc(C(C)Nc2ccccc2CO)c2oc(N3CCC4(CC3)CN(C)C(=O)O4)cc(=O)c2c1. The number of carbonyl (C=O) groups is 1. The highest BCUT2D eigenvalue weighted by Crippen LogP contribution is 2.36. The largest absolute Gasteiger partial charge is 0.441 e. The first-order valence-corrected chi connectivity index (χ1v) is 12.0. The van der Waals surface area contributed by atoms with Gasteiger partial charge in [-0.2, -0.15) is 0 Å². The van der Waals surface area contributed by atoms with E-state index in [0.29, 0.717) is 49.3 Å². The van der Waals surface area contributed by atoms with Crippen LogP contribution in [0.5, 0.6) is 0 Å². The first kappa shape index (κ1) is 23.2. The van der Waals surface area contributed by atoms with Gasteiger partial charge in [0.25, 0.3) is 0 Å². The first-order chi connectivity index (χ1) is 16.8. The summed E-state index contributed by atoms with van der Waals surface area (Å²) in [5, 5.41) is 13.7. The van der Waals surface area contributed by atoms with Gasteiger partial charge in [-0.1, -0.05) is 24.3 Å². The van der Waals surface area contributed by atoms with Crippen molar-refractivity contribution < 1.29 is 19.1 Å². The van der Waals surface area contributed by atoms with E-state index in [1.165, 1.54) is 0 Å². The predicted molar refractivity (Wildman–Crippen MR) is 135 cm³/mol.